The molecule has 0 radical (unpaired) electrons. The largest absolute Gasteiger partial charge is 0.490 e. The van der Waals surface area contributed by atoms with E-state index in [1.54, 1.807) is 18.2 Å². The number of amides is 1. The maximum absolute atomic E-state index is 12.9. The molecule has 160 valence electrons. The van der Waals surface area contributed by atoms with Gasteiger partial charge in [0.2, 0.25) is 0 Å². The van der Waals surface area contributed by atoms with Gasteiger partial charge >= 0.3 is 0 Å². The number of anilines is 1. The van der Waals surface area contributed by atoms with Gasteiger partial charge in [0.05, 0.1) is 32.9 Å². The number of nitrogens with zero attached hydrogens (tertiary/aromatic N) is 1. The Balaban J connectivity index is 1.96. The third kappa shape index (κ3) is 5.43. The normalized spacial score (nSPS) is 14.4. The molecule has 1 aliphatic carbocycles. The summed E-state index contributed by atoms with van der Waals surface area (Å²) in [5.74, 6) is -0.0795. The average Bonchev–Trinajstić information content (AvgIpc) is 2.71. The summed E-state index contributed by atoms with van der Waals surface area (Å²) in [6.45, 7) is 1.96. The maximum Gasteiger partial charge on any atom is 0.277 e. The summed E-state index contributed by atoms with van der Waals surface area (Å²) in [7, 11) is 0. The van der Waals surface area contributed by atoms with Crippen LogP contribution in [-0.2, 0) is 6.42 Å². The first-order valence-electron chi connectivity index (χ1n) is 10.1. The molecule has 6 nitrogen and oxygen atoms in total. The van der Waals surface area contributed by atoms with Gasteiger partial charge in [-0.05, 0) is 56.4 Å². The van der Waals surface area contributed by atoms with E-state index < -0.39 is 10.8 Å². The van der Waals surface area contributed by atoms with Crippen LogP contribution in [0.3, 0.4) is 0 Å². The van der Waals surface area contributed by atoms with E-state index in [1.807, 2.05) is 6.92 Å². The molecule has 0 spiro atoms. The molecule has 1 saturated carbocycles. The second-order valence-electron chi connectivity index (χ2n) is 7.44. The quantitative estimate of drug-likeness (QED) is 0.370. The number of benzene rings is 2. The van der Waals surface area contributed by atoms with E-state index in [0.717, 1.165) is 32.1 Å². The Bertz CT molecular complexity index is 943. The number of carbonyl (C=O) groups is 1. The lowest BCUT2D eigenvalue weighted by atomic mass is 9.97. The zero-order chi connectivity index (χ0) is 21.7. The predicted octanol–water partition coefficient (Wildman–Crippen LogP) is 6.82. The third-order valence-electron chi connectivity index (χ3n) is 5.17. The molecular weight excluding hydrogens is 427 g/mol. The van der Waals surface area contributed by atoms with Crippen molar-refractivity contribution in [3.8, 4) is 5.75 Å². The zero-order valence-corrected chi connectivity index (χ0v) is 18.3. The van der Waals surface area contributed by atoms with Crippen molar-refractivity contribution >= 4 is 40.5 Å². The Hall–Kier alpha value is -2.31. The molecule has 0 saturated heterocycles. The van der Waals surface area contributed by atoms with Crippen molar-refractivity contribution in [1.29, 1.82) is 0 Å². The number of halogens is 2. The molecule has 0 heterocycles. The molecule has 1 fully saturated rings. The van der Waals surface area contributed by atoms with Crippen molar-refractivity contribution in [3.63, 3.8) is 0 Å². The van der Waals surface area contributed by atoms with Crippen LogP contribution in [0.1, 0.15) is 61.4 Å². The van der Waals surface area contributed by atoms with E-state index in [2.05, 4.69) is 5.32 Å². The van der Waals surface area contributed by atoms with Crippen LogP contribution < -0.4 is 10.1 Å². The van der Waals surface area contributed by atoms with E-state index in [1.165, 1.54) is 18.6 Å². The van der Waals surface area contributed by atoms with Crippen LogP contribution in [0.25, 0.3) is 0 Å². The maximum atomic E-state index is 12.9. The molecule has 1 N–H and O–H groups in total. The lowest BCUT2D eigenvalue weighted by molar-refractivity contribution is -0.385. The summed E-state index contributed by atoms with van der Waals surface area (Å²) in [6, 6.07) is 7.61. The first-order chi connectivity index (χ1) is 14.4. The van der Waals surface area contributed by atoms with Gasteiger partial charge in [0.15, 0.2) is 0 Å². The van der Waals surface area contributed by atoms with Gasteiger partial charge in [-0.25, -0.2) is 0 Å². The molecule has 0 aliphatic heterocycles. The lowest BCUT2D eigenvalue weighted by Crippen LogP contribution is -2.21. The van der Waals surface area contributed by atoms with Gasteiger partial charge in [0.1, 0.15) is 5.75 Å². The summed E-state index contributed by atoms with van der Waals surface area (Å²) < 4.78 is 6.18. The zero-order valence-electron chi connectivity index (χ0n) is 16.7. The molecule has 8 heteroatoms. The number of hydrogen-bond donors (Lipinski definition) is 1. The van der Waals surface area contributed by atoms with Gasteiger partial charge in [0.25, 0.3) is 11.6 Å². The fourth-order valence-electron chi connectivity index (χ4n) is 3.68. The van der Waals surface area contributed by atoms with Crippen molar-refractivity contribution in [2.75, 3.05) is 5.32 Å². The van der Waals surface area contributed by atoms with Crippen molar-refractivity contribution in [2.45, 2.75) is 58.0 Å². The topological polar surface area (TPSA) is 81.5 Å². The van der Waals surface area contributed by atoms with Gasteiger partial charge in [-0.1, -0.05) is 43.0 Å². The van der Waals surface area contributed by atoms with E-state index in [-0.39, 0.29) is 22.4 Å². The van der Waals surface area contributed by atoms with Crippen LogP contribution >= 0.6 is 23.2 Å². The number of carbonyl (C=O) groups excluding carboxylic acids is 1. The fraction of sp³-hybridized carbons (Fsp3) is 0.409. The number of nitro groups is 1. The van der Waals surface area contributed by atoms with Crippen LogP contribution in [0.4, 0.5) is 11.4 Å². The minimum atomic E-state index is -0.501. The summed E-state index contributed by atoms with van der Waals surface area (Å²) >= 11 is 12.0. The van der Waals surface area contributed by atoms with Crippen LogP contribution in [0.5, 0.6) is 5.75 Å². The van der Waals surface area contributed by atoms with Crippen molar-refractivity contribution < 1.29 is 14.5 Å². The van der Waals surface area contributed by atoms with E-state index in [9.17, 15) is 14.9 Å². The number of ether oxygens (including phenoxy) is 1. The first kappa shape index (κ1) is 22.4. The highest BCUT2D eigenvalue weighted by molar-refractivity contribution is 6.36. The second-order valence-corrected chi connectivity index (χ2v) is 8.28. The SMILES string of the molecule is CCCc1c(OC2CCCCC2)cc(C(=O)Nc2ccc(Cl)cc2Cl)cc1[N+](=O)[O-]. The third-order valence-corrected chi connectivity index (χ3v) is 5.72. The molecule has 0 atom stereocenters. The van der Waals surface area contributed by atoms with Crippen molar-refractivity contribution in [3.05, 3.63) is 61.6 Å². The van der Waals surface area contributed by atoms with Crippen LogP contribution in [0, 0.1) is 10.1 Å². The molecule has 0 unspecified atom stereocenters. The Labute approximate surface area is 185 Å². The predicted molar refractivity (Wildman–Crippen MR) is 119 cm³/mol. The molecule has 1 amide bonds. The molecular formula is C22H24Cl2N2O4. The number of rotatable bonds is 7. The Morgan fingerprint density at radius 3 is 2.57 bits per heavy atom. The number of nitro benzene ring substituents is 1. The Morgan fingerprint density at radius 1 is 1.20 bits per heavy atom. The molecule has 3 rings (SSSR count). The van der Waals surface area contributed by atoms with Gasteiger partial charge in [-0.15, -0.1) is 0 Å². The molecule has 1 aliphatic rings. The standard InChI is InChI=1S/C22H24Cl2N2O4/c1-2-6-17-20(26(28)29)11-14(12-21(17)30-16-7-4-3-5-8-16)22(27)25-19-10-9-15(23)13-18(19)24/h9-13,16H,2-8H2,1H3,(H,25,27). The van der Waals surface area contributed by atoms with E-state index in [0.29, 0.717) is 28.4 Å². The highest BCUT2D eigenvalue weighted by Gasteiger charge is 2.25. The number of hydrogen-bond acceptors (Lipinski definition) is 4. The monoisotopic (exact) mass is 450 g/mol. The van der Waals surface area contributed by atoms with E-state index in [4.69, 9.17) is 27.9 Å². The van der Waals surface area contributed by atoms with Gasteiger partial charge in [-0.2, -0.15) is 0 Å². The highest BCUT2D eigenvalue weighted by atomic mass is 35.5. The van der Waals surface area contributed by atoms with Crippen LogP contribution in [0.15, 0.2) is 30.3 Å². The van der Waals surface area contributed by atoms with Crippen molar-refractivity contribution in [2.24, 2.45) is 0 Å². The molecule has 2 aromatic rings. The fourth-order valence-corrected chi connectivity index (χ4v) is 4.13. The highest BCUT2D eigenvalue weighted by Crippen LogP contribution is 2.35. The lowest BCUT2D eigenvalue weighted by Gasteiger charge is -2.24. The smallest absolute Gasteiger partial charge is 0.277 e. The average molecular weight is 451 g/mol. The summed E-state index contributed by atoms with van der Waals surface area (Å²) in [5.41, 5.74) is 0.964. The van der Waals surface area contributed by atoms with Crippen LogP contribution in [-0.4, -0.2) is 16.9 Å². The Morgan fingerprint density at radius 2 is 1.93 bits per heavy atom. The minimum Gasteiger partial charge on any atom is -0.490 e. The Kier molecular flexibility index (Phi) is 7.56. The molecule has 0 bridgehead atoms. The van der Waals surface area contributed by atoms with Crippen molar-refractivity contribution in [1.82, 2.24) is 0 Å². The molecule has 0 aromatic heterocycles. The summed E-state index contributed by atoms with van der Waals surface area (Å²) in [5, 5.41) is 15.2. The van der Waals surface area contributed by atoms with Gasteiger partial charge < -0.3 is 10.1 Å². The van der Waals surface area contributed by atoms with E-state index >= 15 is 0 Å². The minimum absolute atomic E-state index is 0.0120. The molecule has 2 aromatic carbocycles. The number of nitrogens with one attached hydrogen (secondary N) is 1. The van der Waals surface area contributed by atoms with Gasteiger partial charge in [-0.3, -0.25) is 14.9 Å². The van der Waals surface area contributed by atoms with Gasteiger partial charge in [0, 0.05) is 11.1 Å². The summed E-state index contributed by atoms with van der Waals surface area (Å²) in [6.07, 6.45) is 6.39. The molecule has 30 heavy (non-hydrogen) atoms. The second kappa shape index (κ2) is 10.1. The van der Waals surface area contributed by atoms with Crippen LogP contribution in [0.2, 0.25) is 10.0 Å². The first-order valence-corrected chi connectivity index (χ1v) is 10.9. The summed E-state index contributed by atoms with van der Waals surface area (Å²) in [4.78, 5) is 24.2.